The Labute approximate surface area is 99.0 Å². The number of aliphatic hydroxyl groups excluding tert-OH is 1. The fourth-order valence-corrected chi connectivity index (χ4v) is 3.28. The minimum atomic E-state index is -0.0547. The van der Waals surface area contributed by atoms with Crippen LogP contribution in [0.1, 0.15) is 38.5 Å². The van der Waals surface area contributed by atoms with E-state index in [1.807, 2.05) is 0 Å². The van der Waals surface area contributed by atoms with Crippen LogP contribution in [-0.2, 0) is 0 Å². The molecule has 16 heavy (non-hydrogen) atoms. The fraction of sp³-hybridized carbons (Fsp3) is 1.00. The molecule has 3 N–H and O–H groups in total. The van der Waals surface area contributed by atoms with Crippen molar-refractivity contribution in [3.63, 3.8) is 0 Å². The average Bonchev–Trinajstić information content (AvgIpc) is 2.30. The molecule has 0 bridgehead atoms. The Morgan fingerprint density at radius 1 is 1.00 bits per heavy atom. The maximum atomic E-state index is 9.51. The second-order valence-electron chi connectivity index (χ2n) is 5.79. The molecule has 0 radical (unpaired) electrons. The van der Waals surface area contributed by atoms with Crippen LogP contribution in [-0.4, -0.2) is 42.3 Å². The predicted molar refractivity (Wildman–Crippen MR) is 66.2 cm³/mol. The Bertz CT molecular complexity index is 184. The average molecular weight is 226 g/mol. The molecule has 1 saturated heterocycles. The van der Waals surface area contributed by atoms with Crippen LogP contribution in [0.3, 0.4) is 0 Å². The zero-order valence-corrected chi connectivity index (χ0v) is 10.4. The molecule has 1 saturated carbocycles. The third kappa shape index (κ3) is 2.96. The normalized spacial score (nSPS) is 36.2. The molecule has 94 valence electrons. The van der Waals surface area contributed by atoms with Crippen molar-refractivity contribution in [1.29, 1.82) is 0 Å². The molecule has 2 rings (SSSR count). The van der Waals surface area contributed by atoms with Crippen molar-refractivity contribution in [2.24, 2.45) is 17.6 Å². The van der Waals surface area contributed by atoms with E-state index in [4.69, 9.17) is 5.73 Å². The molecule has 2 fully saturated rings. The summed E-state index contributed by atoms with van der Waals surface area (Å²) in [6.45, 7) is 2.40. The second kappa shape index (κ2) is 5.48. The summed E-state index contributed by atoms with van der Waals surface area (Å²) < 4.78 is 0. The van der Waals surface area contributed by atoms with Gasteiger partial charge >= 0.3 is 0 Å². The second-order valence-corrected chi connectivity index (χ2v) is 5.79. The van der Waals surface area contributed by atoms with E-state index in [1.165, 1.54) is 25.9 Å². The number of likely N-dealkylation sites (tertiary alicyclic amines) is 1. The molecule has 3 nitrogen and oxygen atoms in total. The third-order valence-corrected chi connectivity index (χ3v) is 4.59. The first-order chi connectivity index (χ1) is 7.66. The molecule has 1 unspecified atom stereocenters. The minimum absolute atomic E-state index is 0.0547. The van der Waals surface area contributed by atoms with E-state index >= 15 is 0 Å². The van der Waals surface area contributed by atoms with E-state index in [0.29, 0.717) is 12.0 Å². The zero-order chi connectivity index (χ0) is 11.5. The predicted octanol–water partition coefficient (Wildman–Crippen LogP) is 1.21. The summed E-state index contributed by atoms with van der Waals surface area (Å²) in [6, 6.07) is 0.376. The van der Waals surface area contributed by atoms with E-state index in [2.05, 4.69) is 11.9 Å². The first kappa shape index (κ1) is 12.3. The summed E-state index contributed by atoms with van der Waals surface area (Å²) in [7, 11) is 2.19. The summed E-state index contributed by atoms with van der Waals surface area (Å²) in [5.74, 6) is 1.38. The van der Waals surface area contributed by atoms with Crippen LogP contribution >= 0.6 is 0 Å². The van der Waals surface area contributed by atoms with Gasteiger partial charge in [-0.3, -0.25) is 0 Å². The lowest BCUT2D eigenvalue weighted by atomic mass is 9.75. The third-order valence-electron chi connectivity index (χ3n) is 4.59. The first-order valence-corrected chi connectivity index (χ1v) is 6.79. The highest BCUT2D eigenvalue weighted by atomic mass is 16.3. The molecule has 3 heteroatoms. The Balaban J connectivity index is 1.80. The van der Waals surface area contributed by atoms with Gasteiger partial charge in [-0.05, 0) is 70.5 Å². The topological polar surface area (TPSA) is 49.5 Å². The van der Waals surface area contributed by atoms with E-state index in [1.54, 1.807) is 0 Å². The summed E-state index contributed by atoms with van der Waals surface area (Å²) in [5.41, 5.74) is 6.41. The maximum absolute atomic E-state index is 9.51. The molecule has 1 aliphatic carbocycles. The molecule has 0 aromatic rings. The number of nitrogens with two attached hydrogens (primary N) is 1. The monoisotopic (exact) mass is 226 g/mol. The van der Waals surface area contributed by atoms with Gasteiger partial charge in [-0.1, -0.05) is 0 Å². The highest BCUT2D eigenvalue weighted by Crippen LogP contribution is 2.32. The van der Waals surface area contributed by atoms with Gasteiger partial charge in [0.15, 0.2) is 0 Å². The van der Waals surface area contributed by atoms with Crippen molar-refractivity contribution in [3.8, 4) is 0 Å². The van der Waals surface area contributed by atoms with Gasteiger partial charge in [0.05, 0.1) is 6.10 Å². The standard InChI is InChI=1S/C13H26N2O/c1-15-8-6-11(7-9-15)13(14)10-2-4-12(16)5-3-10/h10-13,16H,2-9,14H2,1H3. The van der Waals surface area contributed by atoms with Crippen molar-refractivity contribution >= 4 is 0 Å². The highest BCUT2D eigenvalue weighted by Gasteiger charge is 2.31. The van der Waals surface area contributed by atoms with Crippen LogP contribution in [0.4, 0.5) is 0 Å². The number of nitrogens with zero attached hydrogens (tertiary/aromatic N) is 1. The molecule has 0 aromatic carbocycles. The van der Waals surface area contributed by atoms with Gasteiger partial charge in [0.25, 0.3) is 0 Å². The fourth-order valence-electron chi connectivity index (χ4n) is 3.28. The Morgan fingerprint density at radius 3 is 2.06 bits per heavy atom. The molecule has 1 aliphatic heterocycles. The van der Waals surface area contributed by atoms with Gasteiger partial charge in [0.1, 0.15) is 0 Å². The molecule has 0 amide bonds. The maximum Gasteiger partial charge on any atom is 0.0540 e. The van der Waals surface area contributed by atoms with Crippen molar-refractivity contribution in [1.82, 2.24) is 4.90 Å². The number of hydrogen-bond acceptors (Lipinski definition) is 3. The van der Waals surface area contributed by atoms with Crippen LogP contribution in [0.15, 0.2) is 0 Å². The van der Waals surface area contributed by atoms with Gasteiger partial charge < -0.3 is 15.7 Å². The zero-order valence-electron chi connectivity index (χ0n) is 10.4. The minimum Gasteiger partial charge on any atom is -0.393 e. The molecular formula is C13H26N2O. The van der Waals surface area contributed by atoms with Crippen LogP contribution in [0.5, 0.6) is 0 Å². The van der Waals surface area contributed by atoms with Crippen molar-refractivity contribution in [2.45, 2.75) is 50.7 Å². The van der Waals surface area contributed by atoms with Crippen molar-refractivity contribution in [3.05, 3.63) is 0 Å². The summed E-state index contributed by atoms with van der Waals surface area (Å²) in [4.78, 5) is 2.40. The van der Waals surface area contributed by atoms with Crippen LogP contribution in [0, 0.1) is 11.8 Å². The Hall–Kier alpha value is -0.120. The molecular weight excluding hydrogens is 200 g/mol. The molecule has 0 aromatic heterocycles. The van der Waals surface area contributed by atoms with E-state index in [0.717, 1.165) is 31.6 Å². The van der Waals surface area contributed by atoms with E-state index in [9.17, 15) is 5.11 Å². The SMILES string of the molecule is CN1CCC(C(N)C2CCC(O)CC2)CC1. The van der Waals surface area contributed by atoms with Gasteiger partial charge in [-0.2, -0.15) is 0 Å². The summed E-state index contributed by atoms with van der Waals surface area (Å²) in [6.07, 6.45) is 6.66. The molecule has 1 heterocycles. The van der Waals surface area contributed by atoms with Gasteiger partial charge in [-0.15, -0.1) is 0 Å². The van der Waals surface area contributed by atoms with Crippen molar-refractivity contribution in [2.75, 3.05) is 20.1 Å². The number of rotatable bonds is 2. The van der Waals surface area contributed by atoms with Gasteiger partial charge in [0, 0.05) is 6.04 Å². The lowest BCUT2D eigenvalue weighted by molar-refractivity contribution is 0.0850. The quantitative estimate of drug-likeness (QED) is 0.744. The molecule has 0 spiro atoms. The van der Waals surface area contributed by atoms with Crippen LogP contribution in [0.2, 0.25) is 0 Å². The summed E-state index contributed by atoms with van der Waals surface area (Å²) >= 11 is 0. The van der Waals surface area contributed by atoms with E-state index < -0.39 is 0 Å². The van der Waals surface area contributed by atoms with Crippen molar-refractivity contribution < 1.29 is 5.11 Å². The lowest BCUT2D eigenvalue weighted by Gasteiger charge is -2.38. The number of aliphatic hydroxyl groups is 1. The Kier molecular flexibility index (Phi) is 4.22. The van der Waals surface area contributed by atoms with Crippen LogP contribution < -0.4 is 5.73 Å². The molecule has 2 aliphatic rings. The number of piperidine rings is 1. The lowest BCUT2D eigenvalue weighted by Crippen LogP contribution is -2.44. The summed E-state index contributed by atoms with van der Waals surface area (Å²) in [5, 5.41) is 9.51. The molecule has 1 atom stereocenters. The number of hydrogen-bond donors (Lipinski definition) is 2. The first-order valence-electron chi connectivity index (χ1n) is 6.79. The van der Waals surface area contributed by atoms with E-state index in [-0.39, 0.29) is 6.10 Å². The van der Waals surface area contributed by atoms with Gasteiger partial charge in [0.2, 0.25) is 0 Å². The van der Waals surface area contributed by atoms with Crippen LogP contribution in [0.25, 0.3) is 0 Å². The van der Waals surface area contributed by atoms with Gasteiger partial charge in [-0.25, -0.2) is 0 Å². The Morgan fingerprint density at radius 2 is 1.50 bits per heavy atom. The largest absolute Gasteiger partial charge is 0.393 e. The highest BCUT2D eigenvalue weighted by molar-refractivity contribution is 4.86. The smallest absolute Gasteiger partial charge is 0.0540 e.